The van der Waals surface area contributed by atoms with Crippen molar-refractivity contribution < 1.29 is 4.79 Å². The lowest BCUT2D eigenvalue weighted by Crippen LogP contribution is -2.17. The maximum absolute atomic E-state index is 11.8. The van der Waals surface area contributed by atoms with Crippen LogP contribution in [0.3, 0.4) is 0 Å². The van der Waals surface area contributed by atoms with Crippen LogP contribution in [-0.2, 0) is 0 Å². The van der Waals surface area contributed by atoms with E-state index in [-0.39, 0.29) is 11.3 Å². The van der Waals surface area contributed by atoms with Crippen molar-refractivity contribution in [3.05, 3.63) is 51.4 Å². The Balaban J connectivity index is 2.18. The maximum atomic E-state index is 11.8. The third kappa shape index (κ3) is 2.72. The summed E-state index contributed by atoms with van der Waals surface area (Å²) in [5.74, 6) is -0.435. The fourth-order valence-corrected chi connectivity index (χ4v) is 1.39. The number of carbonyl (C=O) groups excluding carboxylic acids is 1. The number of rotatable bonds is 2. The van der Waals surface area contributed by atoms with Crippen LogP contribution in [0.2, 0.25) is 5.15 Å². The Morgan fingerprint density at radius 2 is 2.17 bits per heavy atom. The SMILES string of the molecule is Cc1cc(NC(=O)c2c[nH]c(=O)cn2)cnc1Cl. The van der Waals surface area contributed by atoms with Crippen LogP contribution in [0.25, 0.3) is 0 Å². The third-order valence-corrected chi connectivity index (χ3v) is 2.57. The number of halogens is 1. The predicted octanol–water partition coefficient (Wildman–Crippen LogP) is 1.38. The number of hydrogen-bond acceptors (Lipinski definition) is 4. The second-order valence-electron chi connectivity index (χ2n) is 3.58. The van der Waals surface area contributed by atoms with Crippen LogP contribution in [-0.4, -0.2) is 20.9 Å². The van der Waals surface area contributed by atoms with Crippen LogP contribution >= 0.6 is 11.6 Å². The molecule has 6 nitrogen and oxygen atoms in total. The molecule has 0 aliphatic heterocycles. The van der Waals surface area contributed by atoms with E-state index in [1.807, 2.05) is 0 Å². The second-order valence-corrected chi connectivity index (χ2v) is 3.94. The summed E-state index contributed by atoms with van der Waals surface area (Å²) in [5, 5.41) is 2.99. The number of pyridine rings is 1. The van der Waals surface area contributed by atoms with E-state index in [0.29, 0.717) is 10.8 Å². The molecule has 0 aromatic carbocycles. The van der Waals surface area contributed by atoms with Crippen molar-refractivity contribution in [1.29, 1.82) is 0 Å². The van der Waals surface area contributed by atoms with Crippen LogP contribution in [0.15, 0.2) is 29.5 Å². The first kappa shape index (κ1) is 12.3. The molecule has 0 radical (unpaired) electrons. The number of aromatic amines is 1. The van der Waals surface area contributed by atoms with Gasteiger partial charge in [0.2, 0.25) is 0 Å². The number of nitrogens with one attached hydrogen (secondary N) is 2. The van der Waals surface area contributed by atoms with Gasteiger partial charge in [-0.3, -0.25) is 9.59 Å². The standard InChI is InChI=1S/C11H9ClN4O2/c1-6-2-7(3-15-10(6)12)16-11(18)8-4-14-9(17)5-13-8/h2-5H,1H3,(H,14,17)(H,16,18). The molecular formula is C11H9ClN4O2. The third-order valence-electron chi connectivity index (χ3n) is 2.18. The van der Waals surface area contributed by atoms with Gasteiger partial charge in [-0.25, -0.2) is 9.97 Å². The minimum Gasteiger partial charge on any atom is -0.325 e. The van der Waals surface area contributed by atoms with E-state index in [4.69, 9.17) is 11.6 Å². The van der Waals surface area contributed by atoms with Crippen LogP contribution in [0, 0.1) is 6.92 Å². The molecule has 0 bridgehead atoms. The van der Waals surface area contributed by atoms with E-state index < -0.39 is 5.91 Å². The van der Waals surface area contributed by atoms with Gasteiger partial charge >= 0.3 is 0 Å². The lowest BCUT2D eigenvalue weighted by atomic mass is 10.3. The van der Waals surface area contributed by atoms with Gasteiger partial charge in [0.25, 0.3) is 11.5 Å². The summed E-state index contributed by atoms with van der Waals surface area (Å²) in [6.07, 6.45) is 3.73. The van der Waals surface area contributed by atoms with E-state index in [0.717, 1.165) is 11.8 Å². The number of hydrogen-bond donors (Lipinski definition) is 2. The number of aryl methyl sites for hydroxylation is 1. The zero-order chi connectivity index (χ0) is 13.1. The Morgan fingerprint density at radius 3 is 2.78 bits per heavy atom. The highest BCUT2D eigenvalue weighted by Gasteiger charge is 2.08. The van der Waals surface area contributed by atoms with Crippen LogP contribution < -0.4 is 10.9 Å². The van der Waals surface area contributed by atoms with Crippen LogP contribution in [0.1, 0.15) is 16.1 Å². The molecule has 2 rings (SSSR count). The van der Waals surface area contributed by atoms with Gasteiger partial charge in [-0.2, -0.15) is 0 Å². The first-order chi connectivity index (χ1) is 8.56. The average molecular weight is 265 g/mol. The van der Waals surface area contributed by atoms with Crippen molar-refractivity contribution in [2.24, 2.45) is 0 Å². The lowest BCUT2D eigenvalue weighted by molar-refractivity contribution is 0.102. The van der Waals surface area contributed by atoms with E-state index in [1.165, 1.54) is 12.4 Å². The van der Waals surface area contributed by atoms with Gasteiger partial charge in [-0.05, 0) is 18.6 Å². The first-order valence-corrected chi connectivity index (χ1v) is 5.42. The molecule has 0 atom stereocenters. The monoisotopic (exact) mass is 264 g/mol. The van der Waals surface area contributed by atoms with Gasteiger partial charge in [0.15, 0.2) is 0 Å². The lowest BCUT2D eigenvalue weighted by Gasteiger charge is -2.05. The topological polar surface area (TPSA) is 87.7 Å². The highest BCUT2D eigenvalue weighted by Crippen LogP contribution is 2.16. The Hall–Kier alpha value is -2.21. The highest BCUT2D eigenvalue weighted by molar-refractivity contribution is 6.30. The van der Waals surface area contributed by atoms with E-state index >= 15 is 0 Å². The molecule has 18 heavy (non-hydrogen) atoms. The second kappa shape index (κ2) is 4.97. The largest absolute Gasteiger partial charge is 0.325 e. The number of anilines is 1. The van der Waals surface area contributed by atoms with E-state index in [2.05, 4.69) is 20.3 Å². The van der Waals surface area contributed by atoms with Crippen LogP contribution in [0.5, 0.6) is 0 Å². The summed E-state index contributed by atoms with van der Waals surface area (Å²) < 4.78 is 0. The Bertz CT molecular complexity index is 633. The van der Waals surface area contributed by atoms with Crippen molar-refractivity contribution >= 4 is 23.2 Å². The van der Waals surface area contributed by atoms with Crippen molar-refractivity contribution in [3.63, 3.8) is 0 Å². The number of carbonyl (C=O) groups is 1. The number of nitrogens with zero attached hydrogens (tertiary/aromatic N) is 2. The van der Waals surface area contributed by atoms with E-state index in [9.17, 15) is 9.59 Å². The average Bonchev–Trinajstić information content (AvgIpc) is 2.34. The molecule has 0 spiro atoms. The minimum atomic E-state index is -0.435. The maximum Gasteiger partial charge on any atom is 0.275 e. The molecule has 92 valence electrons. The summed E-state index contributed by atoms with van der Waals surface area (Å²) >= 11 is 5.78. The molecular weight excluding hydrogens is 256 g/mol. The summed E-state index contributed by atoms with van der Waals surface area (Å²) in [6, 6.07) is 1.69. The number of amides is 1. The molecule has 7 heteroatoms. The number of H-pyrrole nitrogens is 1. The summed E-state index contributed by atoms with van der Waals surface area (Å²) in [6.45, 7) is 1.78. The minimum absolute atomic E-state index is 0.113. The summed E-state index contributed by atoms with van der Waals surface area (Å²) in [7, 11) is 0. The van der Waals surface area contributed by atoms with Gasteiger partial charge in [-0.15, -0.1) is 0 Å². The van der Waals surface area contributed by atoms with Gasteiger partial charge < -0.3 is 10.3 Å². The molecule has 2 N–H and O–H groups in total. The predicted molar refractivity (Wildman–Crippen MR) is 66.8 cm³/mol. The molecule has 2 aromatic heterocycles. The number of aromatic nitrogens is 3. The first-order valence-electron chi connectivity index (χ1n) is 5.04. The Kier molecular flexibility index (Phi) is 3.38. The van der Waals surface area contributed by atoms with Crippen molar-refractivity contribution in [3.8, 4) is 0 Å². The smallest absolute Gasteiger partial charge is 0.275 e. The molecule has 0 saturated carbocycles. The Labute approximate surface area is 107 Å². The van der Waals surface area contributed by atoms with Gasteiger partial charge in [0, 0.05) is 6.20 Å². The Morgan fingerprint density at radius 1 is 1.39 bits per heavy atom. The quantitative estimate of drug-likeness (QED) is 0.802. The molecule has 0 unspecified atom stereocenters. The molecule has 1 amide bonds. The highest BCUT2D eigenvalue weighted by atomic mass is 35.5. The van der Waals surface area contributed by atoms with E-state index in [1.54, 1.807) is 13.0 Å². The summed E-state index contributed by atoms with van der Waals surface area (Å²) in [5.41, 5.74) is 1.01. The van der Waals surface area contributed by atoms with Gasteiger partial charge in [0.1, 0.15) is 10.8 Å². The molecule has 0 fully saturated rings. The van der Waals surface area contributed by atoms with Crippen molar-refractivity contribution in [1.82, 2.24) is 15.0 Å². The zero-order valence-corrected chi connectivity index (χ0v) is 10.2. The zero-order valence-electron chi connectivity index (χ0n) is 9.40. The molecule has 2 aromatic rings. The summed E-state index contributed by atoms with van der Waals surface area (Å²) in [4.78, 5) is 32.6. The molecule has 0 saturated heterocycles. The van der Waals surface area contributed by atoms with Gasteiger partial charge in [0.05, 0.1) is 18.1 Å². The fraction of sp³-hybridized carbons (Fsp3) is 0.0909. The normalized spacial score (nSPS) is 10.1. The fourth-order valence-electron chi connectivity index (χ4n) is 1.29. The molecule has 0 aliphatic rings. The molecule has 0 aliphatic carbocycles. The van der Waals surface area contributed by atoms with Gasteiger partial charge in [-0.1, -0.05) is 11.6 Å². The molecule has 2 heterocycles. The van der Waals surface area contributed by atoms with Crippen molar-refractivity contribution in [2.45, 2.75) is 6.92 Å². The van der Waals surface area contributed by atoms with Crippen LogP contribution in [0.4, 0.5) is 5.69 Å². The van der Waals surface area contributed by atoms with Crippen molar-refractivity contribution in [2.75, 3.05) is 5.32 Å².